The third-order valence-electron chi connectivity index (χ3n) is 4.42. The first-order valence-electron chi connectivity index (χ1n) is 8.43. The molecule has 0 aliphatic carbocycles. The lowest BCUT2D eigenvalue weighted by Gasteiger charge is -2.10. The van der Waals surface area contributed by atoms with Crippen LogP contribution in [0.4, 0.5) is 13.2 Å². The molecule has 0 saturated carbocycles. The Bertz CT molecular complexity index is 1260. The Balaban J connectivity index is 1.68. The Labute approximate surface area is 167 Å². The van der Waals surface area contributed by atoms with Crippen LogP contribution < -0.4 is 5.56 Å². The van der Waals surface area contributed by atoms with E-state index in [1.54, 1.807) is 30.3 Å². The number of alkyl halides is 3. The molecule has 1 aromatic carbocycles. The molecule has 29 heavy (non-hydrogen) atoms. The molecule has 3 heterocycles. The normalized spacial score (nSPS) is 11.9. The van der Waals surface area contributed by atoms with E-state index in [2.05, 4.69) is 15.0 Å². The summed E-state index contributed by atoms with van der Waals surface area (Å²) in [5, 5.41) is 0.240. The fraction of sp³-hybridized carbons (Fsp3) is 0.158. The second-order valence-electron chi connectivity index (χ2n) is 6.43. The summed E-state index contributed by atoms with van der Waals surface area (Å²) in [6, 6.07) is 8.37. The first-order valence-corrected chi connectivity index (χ1v) is 8.81. The zero-order chi connectivity index (χ0) is 20.8. The highest BCUT2D eigenvalue weighted by molar-refractivity contribution is 6.29. The monoisotopic (exact) mass is 419 g/mol. The van der Waals surface area contributed by atoms with Crippen LogP contribution in [0.5, 0.6) is 0 Å². The van der Waals surface area contributed by atoms with Crippen molar-refractivity contribution in [3.05, 3.63) is 75.7 Å². The van der Waals surface area contributed by atoms with Crippen LogP contribution in [0.15, 0.2) is 53.7 Å². The number of aromatic nitrogens is 5. The van der Waals surface area contributed by atoms with E-state index in [-0.39, 0.29) is 23.1 Å². The van der Waals surface area contributed by atoms with Crippen molar-refractivity contribution in [2.45, 2.75) is 12.7 Å². The SMILES string of the molecule is Cn1cc(C(F)(F)F)nc1-c1ccc(Cn2c(=O)cnc3cnc(Cl)cc32)cc1. The van der Waals surface area contributed by atoms with Gasteiger partial charge in [-0.2, -0.15) is 13.2 Å². The number of nitrogens with zero attached hydrogens (tertiary/aromatic N) is 5. The number of fused-ring (bicyclic) bond motifs is 1. The highest BCUT2D eigenvalue weighted by Crippen LogP contribution is 2.30. The highest BCUT2D eigenvalue weighted by Gasteiger charge is 2.34. The molecule has 4 aromatic rings. The molecule has 4 rings (SSSR count). The standard InChI is InChI=1S/C19H13ClF3N5O/c1-27-10-15(19(21,22)23)26-18(27)12-4-2-11(3-5-12)9-28-14-6-16(20)25-7-13(14)24-8-17(28)29/h2-8,10H,9H2,1H3. The van der Waals surface area contributed by atoms with Gasteiger partial charge in [0.25, 0.3) is 5.56 Å². The van der Waals surface area contributed by atoms with Crippen molar-refractivity contribution in [3.8, 4) is 11.4 Å². The van der Waals surface area contributed by atoms with Gasteiger partial charge in [-0.3, -0.25) is 4.79 Å². The maximum absolute atomic E-state index is 12.9. The van der Waals surface area contributed by atoms with Gasteiger partial charge in [0.2, 0.25) is 0 Å². The predicted octanol–water partition coefficient (Wildman–Crippen LogP) is 3.91. The average Bonchev–Trinajstić information content (AvgIpc) is 3.07. The van der Waals surface area contributed by atoms with E-state index in [1.807, 2.05) is 0 Å². The largest absolute Gasteiger partial charge is 0.434 e. The van der Waals surface area contributed by atoms with E-state index in [0.717, 1.165) is 11.8 Å². The molecule has 0 radical (unpaired) electrons. The molecule has 0 fully saturated rings. The fourth-order valence-electron chi connectivity index (χ4n) is 3.02. The molecule has 0 spiro atoms. The lowest BCUT2D eigenvalue weighted by atomic mass is 10.1. The molecule has 0 amide bonds. The molecule has 10 heteroatoms. The Hall–Kier alpha value is -3.20. The molecule has 0 aliphatic rings. The van der Waals surface area contributed by atoms with Gasteiger partial charge in [0.05, 0.1) is 24.5 Å². The molecule has 6 nitrogen and oxygen atoms in total. The summed E-state index contributed by atoms with van der Waals surface area (Å²) in [7, 11) is 1.51. The summed E-state index contributed by atoms with van der Waals surface area (Å²) in [6.07, 6.45) is -0.867. The van der Waals surface area contributed by atoms with E-state index in [9.17, 15) is 18.0 Å². The molecule has 0 N–H and O–H groups in total. The molecule has 0 bridgehead atoms. The quantitative estimate of drug-likeness (QED) is 0.472. The van der Waals surface area contributed by atoms with E-state index in [1.165, 1.54) is 28.6 Å². The summed E-state index contributed by atoms with van der Waals surface area (Å²) in [6.45, 7) is 0.243. The van der Waals surface area contributed by atoms with Crippen LogP contribution in [-0.4, -0.2) is 24.1 Å². The minimum absolute atomic E-state index is 0.202. The Morgan fingerprint density at radius 3 is 2.48 bits per heavy atom. The number of imidazole rings is 1. The molecule has 0 atom stereocenters. The molecule has 3 aromatic heterocycles. The minimum atomic E-state index is -4.50. The van der Waals surface area contributed by atoms with Crippen molar-refractivity contribution in [2.24, 2.45) is 7.05 Å². The van der Waals surface area contributed by atoms with E-state index < -0.39 is 11.9 Å². The maximum Gasteiger partial charge on any atom is 0.434 e. The predicted molar refractivity (Wildman–Crippen MR) is 102 cm³/mol. The van der Waals surface area contributed by atoms with Gasteiger partial charge >= 0.3 is 6.18 Å². The van der Waals surface area contributed by atoms with Crippen LogP contribution in [0.1, 0.15) is 11.3 Å². The van der Waals surface area contributed by atoms with Gasteiger partial charge < -0.3 is 9.13 Å². The molecule has 0 aliphatic heterocycles. The second kappa shape index (κ2) is 7.00. The van der Waals surface area contributed by atoms with Gasteiger partial charge in [0.15, 0.2) is 5.69 Å². The van der Waals surface area contributed by atoms with Crippen LogP contribution in [0.2, 0.25) is 5.15 Å². The fourth-order valence-corrected chi connectivity index (χ4v) is 3.17. The summed E-state index contributed by atoms with van der Waals surface area (Å²) in [5.74, 6) is 0.202. The highest BCUT2D eigenvalue weighted by atomic mass is 35.5. The lowest BCUT2D eigenvalue weighted by Crippen LogP contribution is -2.21. The molecule has 0 unspecified atom stereocenters. The number of rotatable bonds is 3. The zero-order valence-corrected chi connectivity index (χ0v) is 15.7. The number of hydrogen-bond acceptors (Lipinski definition) is 4. The number of benzene rings is 1. The van der Waals surface area contributed by atoms with Crippen LogP contribution in [0, 0.1) is 0 Å². The van der Waals surface area contributed by atoms with Gasteiger partial charge in [0, 0.05) is 24.9 Å². The lowest BCUT2D eigenvalue weighted by molar-refractivity contribution is -0.140. The van der Waals surface area contributed by atoms with Gasteiger partial charge in [-0.15, -0.1) is 0 Å². The van der Waals surface area contributed by atoms with Crippen LogP contribution >= 0.6 is 11.6 Å². The van der Waals surface area contributed by atoms with Crippen molar-refractivity contribution in [3.63, 3.8) is 0 Å². The van der Waals surface area contributed by atoms with Gasteiger partial charge in [-0.25, -0.2) is 15.0 Å². The number of halogens is 4. The van der Waals surface area contributed by atoms with Crippen molar-refractivity contribution in [1.29, 1.82) is 0 Å². The van der Waals surface area contributed by atoms with Crippen LogP contribution in [0.3, 0.4) is 0 Å². The molecular weight excluding hydrogens is 407 g/mol. The summed E-state index contributed by atoms with van der Waals surface area (Å²) in [5.41, 5.74) is 1.13. The summed E-state index contributed by atoms with van der Waals surface area (Å²) >= 11 is 5.94. The van der Waals surface area contributed by atoms with Gasteiger partial charge in [-0.1, -0.05) is 35.9 Å². The summed E-state index contributed by atoms with van der Waals surface area (Å²) in [4.78, 5) is 24.0. The van der Waals surface area contributed by atoms with Crippen molar-refractivity contribution < 1.29 is 13.2 Å². The third-order valence-corrected chi connectivity index (χ3v) is 4.63. The molecular formula is C19H13ClF3N5O. The Morgan fingerprint density at radius 1 is 1.10 bits per heavy atom. The topological polar surface area (TPSA) is 65.6 Å². The maximum atomic E-state index is 12.9. The van der Waals surface area contributed by atoms with Crippen LogP contribution in [0.25, 0.3) is 22.4 Å². The molecule has 148 valence electrons. The van der Waals surface area contributed by atoms with E-state index in [0.29, 0.717) is 16.6 Å². The minimum Gasteiger partial charge on any atom is -0.333 e. The van der Waals surface area contributed by atoms with Crippen molar-refractivity contribution in [2.75, 3.05) is 0 Å². The first-order chi connectivity index (χ1) is 13.7. The van der Waals surface area contributed by atoms with E-state index >= 15 is 0 Å². The van der Waals surface area contributed by atoms with Crippen molar-refractivity contribution >= 4 is 22.6 Å². The first kappa shape index (κ1) is 19.1. The molecule has 0 saturated heterocycles. The summed E-state index contributed by atoms with van der Waals surface area (Å²) < 4.78 is 41.4. The number of aryl methyl sites for hydroxylation is 1. The van der Waals surface area contributed by atoms with E-state index in [4.69, 9.17) is 11.6 Å². The Morgan fingerprint density at radius 2 is 1.83 bits per heavy atom. The number of hydrogen-bond donors (Lipinski definition) is 0. The van der Waals surface area contributed by atoms with Crippen LogP contribution in [-0.2, 0) is 19.8 Å². The van der Waals surface area contributed by atoms with Gasteiger partial charge in [0.1, 0.15) is 16.5 Å². The van der Waals surface area contributed by atoms with Gasteiger partial charge in [-0.05, 0) is 5.56 Å². The van der Waals surface area contributed by atoms with Crippen molar-refractivity contribution in [1.82, 2.24) is 24.1 Å². The second-order valence-corrected chi connectivity index (χ2v) is 6.82. The third kappa shape index (κ3) is 3.73. The zero-order valence-electron chi connectivity index (χ0n) is 15.0. The smallest absolute Gasteiger partial charge is 0.333 e. The number of pyridine rings is 1. The average molecular weight is 420 g/mol. The Kier molecular flexibility index (Phi) is 4.62.